The Morgan fingerprint density at radius 1 is 1.21 bits per heavy atom. The molecule has 148 valence electrons. The Morgan fingerprint density at radius 2 is 2.10 bits per heavy atom. The molecule has 29 heavy (non-hydrogen) atoms. The smallest absolute Gasteiger partial charge is 0.273 e. The molecule has 3 aromatic rings. The van der Waals surface area contributed by atoms with Crippen LogP contribution in [0.2, 0.25) is 0 Å². The number of hydrogen-bond donors (Lipinski definition) is 3. The first kappa shape index (κ1) is 18.9. The van der Waals surface area contributed by atoms with Crippen molar-refractivity contribution < 1.29 is 9.90 Å². The summed E-state index contributed by atoms with van der Waals surface area (Å²) in [7, 11) is 0. The molecule has 1 aliphatic rings. The summed E-state index contributed by atoms with van der Waals surface area (Å²) in [5, 5.41) is 10.0. The van der Waals surface area contributed by atoms with Gasteiger partial charge in [-0.1, -0.05) is 12.1 Å². The molecule has 1 fully saturated rings. The number of fused-ring (bicyclic) bond motifs is 1. The van der Waals surface area contributed by atoms with E-state index in [9.17, 15) is 4.79 Å². The van der Waals surface area contributed by atoms with Crippen molar-refractivity contribution in [1.29, 1.82) is 0 Å². The van der Waals surface area contributed by atoms with E-state index < -0.39 is 0 Å². The summed E-state index contributed by atoms with van der Waals surface area (Å²) in [6, 6.07) is 11.7. The van der Waals surface area contributed by atoms with Crippen LogP contribution in [-0.2, 0) is 11.3 Å². The maximum Gasteiger partial charge on any atom is 0.273 e. The second kappa shape index (κ2) is 8.28. The van der Waals surface area contributed by atoms with Gasteiger partial charge in [0, 0.05) is 36.5 Å². The minimum atomic E-state index is -0.221. The van der Waals surface area contributed by atoms with Crippen LogP contribution in [0.4, 0.5) is 5.69 Å². The Hall–Kier alpha value is -3.45. The number of hydrogen-bond acceptors (Lipinski definition) is 4. The van der Waals surface area contributed by atoms with Gasteiger partial charge in [-0.15, -0.1) is 0 Å². The quantitative estimate of drug-likeness (QED) is 0.447. The molecule has 1 aliphatic heterocycles. The van der Waals surface area contributed by atoms with Crippen molar-refractivity contribution in [3.63, 3.8) is 0 Å². The molecule has 2 aromatic heterocycles. The number of hydrazine groups is 1. The van der Waals surface area contributed by atoms with Gasteiger partial charge in [0.2, 0.25) is 0 Å². The van der Waals surface area contributed by atoms with Gasteiger partial charge in [0.05, 0.1) is 11.3 Å². The van der Waals surface area contributed by atoms with Crippen molar-refractivity contribution in [2.45, 2.75) is 26.3 Å². The third kappa shape index (κ3) is 4.05. The lowest BCUT2D eigenvalue weighted by Crippen LogP contribution is -2.28. The van der Waals surface area contributed by atoms with Gasteiger partial charge >= 0.3 is 0 Å². The van der Waals surface area contributed by atoms with Crippen molar-refractivity contribution in [2.75, 3.05) is 6.61 Å². The minimum absolute atomic E-state index is 0.175. The molecule has 0 spiro atoms. The molecule has 7 nitrogen and oxygen atoms in total. The molecular formula is C22H23N5O2. The standard InChI is InChI=1S/C22H23N5O2/c1-15-6-4-7-17(12-15)24-20-19(22(29)26-25-20)13-16-14-27(10-2-3-11-28)21-18(16)8-5-9-23-21/h4-9,12-14,28H,2-3,10-11H2,1H3,(H,24,25)(H,26,29). The van der Waals surface area contributed by atoms with E-state index in [1.807, 2.05) is 55.6 Å². The molecule has 3 heterocycles. The molecule has 0 bridgehead atoms. The number of amidine groups is 1. The Bertz CT molecular complexity index is 1110. The number of aliphatic imine (C=N–C) groups is 1. The largest absolute Gasteiger partial charge is 0.396 e. The number of rotatable bonds is 6. The van der Waals surface area contributed by atoms with Crippen LogP contribution < -0.4 is 10.9 Å². The van der Waals surface area contributed by atoms with Crippen LogP contribution in [0.15, 0.2) is 59.4 Å². The van der Waals surface area contributed by atoms with E-state index in [-0.39, 0.29) is 12.5 Å². The van der Waals surface area contributed by atoms with Crippen LogP contribution >= 0.6 is 0 Å². The zero-order chi connectivity index (χ0) is 20.2. The molecule has 7 heteroatoms. The number of aliphatic hydroxyl groups excluding tert-OH is 1. The Labute approximate surface area is 168 Å². The first-order valence-electron chi connectivity index (χ1n) is 9.64. The average Bonchev–Trinajstić information content (AvgIpc) is 3.24. The third-order valence-corrected chi connectivity index (χ3v) is 4.81. The topological polar surface area (TPSA) is 91.5 Å². The van der Waals surface area contributed by atoms with Crippen molar-refractivity contribution in [3.05, 3.63) is 65.5 Å². The van der Waals surface area contributed by atoms with Crippen molar-refractivity contribution in [3.8, 4) is 0 Å². The zero-order valence-corrected chi connectivity index (χ0v) is 16.2. The number of aromatic nitrogens is 2. The van der Waals surface area contributed by atoms with E-state index in [2.05, 4.69) is 25.4 Å². The van der Waals surface area contributed by atoms with Gasteiger partial charge in [-0.3, -0.25) is 15.6 Å². The van der Waals surface area contributed by atoms with Crippen LogP contribution in [0.1, 0.15) is 24.0 Å². The van der Waals surface area contributed by atoms with Crippen LogP contribution in [0.25, 0.3) is 17.1 Å². The van der Waals surface area contributed by atoms with E-state index >= 15 is 0 Å². The fourth-order valence-electron chi connectivity index (χ4n) is 3.39. The van der Waals surface area contributed by atoms with E-state index in [1.165, 1.54) is 0 Å². The third-order valence-electron chi connectivity index (χ3n) is 4.81. The van der Waals surface area contributed by atoms with Gasteiger partial charge in [-0.05, 0) is 55.7 Å². The van der Waals surface area contributed by atoms with Gasteiger partial charge < -0.3 is 9.67 Å². The van der Waals surface area contributed by atoms with E-state index in [0.29, 0.717) is 11.4 Å². The molecule has 0 atom stereocenters. The van der Waals surface area contributed by atoms with E-state index in [0.717, 1.165) is 47.2 Å². The molecule has 0 radical (unpaired) electrons. The number of carbonyl (C=O) groups is 1. The predicted octanol–water partition coefficient (Wildman–Crippen LogP) is 2.87. The van der Waals surface area contributed by atoms with Crippen LogP contribution in [0, 0.1) is 6.92 Å². The van der Waals surface area contributed by atoms with Gasteiger partial charge in [-0.2, -0.15) is 0 Å². The summed E-state index contributed by atoms with van der Waals surface area (Å²) >= 11 is 0. The SMILES string of the molecule is Cc1cccc(N=C2NNC(=O)C2=Cc2cn(CCCCO)c3ncccc23)c1. The number of aryl methyl sites for hydroxylation is 2. The lowest BCUT2D eigenvalue weighted by atomic mass is 10.1. The number of amides is 1. The number of pyridine rings is 1. The highest BCUT2D eigenvalue weighted by molar-refractivity contribution is 6.28. The number of nitrogens with one attached hydrogen (secondary N) is 2. The number of carbonyl (C=O) groups excluding carboxylic acids is 1. The van der Waals surface area contributed by atoms with Gasteiger partial charge in [0.25, 0.3) is 5.91 Å². The molecule has 4 rings (SSSR count). The van der Waals surface area contributed by atoms with Crippen molar-refractivity contribution >= 4 is 34.5 Å². The summed E-state index contributed by atoms with van der Waals surface area (Å²) in [6.07, 6.45) is 7.20. The average molecular weight is 389 g/mol. The first-order chi connectivity index (χ1) is 14.2. The van der Waals surface area contributed by atoms with Crippen molar-refractivity contribution in [1.82, 2.24) is 20.4 Å². The molecule has 0 saturated carbocycles. The lowest BCUT2D eigenvalue weighted by Gasteiger charge is -2.02. The highest BCUT2D eigenvalue weighted by Crippen LogP contribution is 2.24. The van der Waals surface area contributed by atoms with Gasteiger partial charge in [0.1, 0.15) is 5.65 Å². The monoisotopic (exact) mass is 389 g/mol. The summed E-state index contributed by atoms with van der Waals surface area (Å²) in [5.74, 6) is 0.271. The molecule has 1 aromatic carbocycles. The van der Waals surface area contributed by atoms with Crippen molar-refractivity contribution in [2.24, 2.45) is 4.99 Å². The molecular weight excluding hydrogens is 366 g/mol. The van der Waals surface area contributed by atoms with Gasteiger partial charge in [-0.25, -0.2) is 9.98 Å². The number of nitrogens with zero attached hydrogens (tertiary/aromatic N) is 3. The summed E-state index contributed by atoms with van der Waals surface area (Å²) < 4.78 is 2.06. The number of benzene rings is 1. The fourth-order valence-corrected chi connectivity index (χ4v) is 3.39. The van der Waals surface area contributed by atoms with Crippen LogP contribution in [0.3, 0.4) is 0 Å². The Morgan fingerprint density at radius 3 is 2.93 bits per heavy atom. The summed E-state index contributed by atoms with van der Waals surface area (Å²) in [4.78, 5) is 21.5. The van der Waals surface area contributed by atoms with Crippen LogP contribution in [0.5, 0.6) is 0 Å². The highest BCUT2D eigenvalue weighted by Gasteiger charge is 2.24. The second-order valence-corrected chi connectivity index (χ2v) is 7.02. The predicted molar refractivity (Wildman–Crippen MR) is 114 cm³/mol. The van der Waals surface area contributed by atoms with Gasteiger partial charge in [0.15, 0.2) is 5.84 Å². The fraction of sp³-hybridized carbons (Fsp3) is 0.227. The second-order valence-electron chi connectivity index (χ2n) is 7.02. The summed E-state index contributed by atoms with van der Waals surface area (Å²) in [6.45, 7) is 2.94. The number of aliphatic hydroxyl groups is 1. The minimum Gasteiger partial charge on any atom is -0.396 e. The normalized spacial score (nSPS) is 16.6. The van der Waals surface area contributed by atoms with E-state index in [4.69, 9.17) is 5.11 Å². The molecule has 1 saturated heterocycles. The first-order valence-corrected chi connectivity index (χ1v) is 9.64. The molecule has 0 unspecified atom stereocenters. The highest BCUT2D eigenvalue weighted by atomic mass is 16.3. The zero-order valence-electron chi connectivity index (χ0n) is 16.2. The molecule has 3 N–H and O–H groups in total. The summed E-state index contributed by atoms with van der Waals surface area (Å²) in [5.41, 5.74) is 9.63. The number of unbranched alkanes of at least 4 members (excludes halogenated alkanes) is 1. The molecule has 1 amide bonds. The van der Waals surface area contributed by atoms with Crippen LogP contribution in [-0.4, -0.2) is 33.0 Å². The molecule has 0 aliphatic carbocycles. The lowest BCUT2D eigenvalue weighted by molar-refractivity contribution is -0.116. The maximum atomic E-state index is 12.4. The Balaban J connectivity index is 1.73. The Kier molecular flexibility index (Phi) is 5.39. The maximum absolute atomic E-state index is 12.4. The van der Waals surface area contributed by atoms with E-state index in [1.54, 1.807) is 6.20 Å².